The van der Waals surface area contributed by atoms with Crippen LogP contribution in [0.1, 0.15) is 40.8 Å². The zero-order valence-corrected chi connectivity index (χ0v) is 24.2. The molecular formula is C32H32N4O4S. The van der Waals surface area contributed by atoms with Crippen LogP contribution >= 0.6 is 11.8 Å². The molecule has 0 unspecified atom stereocenters. The van der Waals surface area contributed by atoms with Gasteiger partial charge in [0.15, 0.2) is 11.5 Å². The van der Waals surface area contributed by atoms with Gasteiger partial charge in [0.05, 0.1) is 22.4 Å². The van der Waals surface area contributed by atoms with Crippen molar-refractivity contribution in [1.82, 2.24) is 15.1 Å². The van der Waals surface area contributed by atoms with Crippen LogP contribution in [0.4, 0.5) is 5.82 Å². The number of rotatable bonds is 7. The molecule has 3 heterocycles. The molecule has 6 rings (SSSR count). The van der Waals surface area contributed by atoms with E-state index in [4.69, 9.17) is 14.6 Å². The molecule has 210 valence electrons. The summed E-state index contributed by atoms with van der Waals surface area (Å²) in [6, 6.07) is 22.1. The van der Waals surface area contributed by atoms with Crippen molar-refractivity contribution in [3.8, 4) is 28.4 Å². The average molecular weight is 569 g/mol. The number of hydrogen-bond donors (Lipinski definition) is 1. The molecule has 0 saturated carbocycles. The fourth-order valence-electron chi connectivity index (χ4n) is 5.34. The smallest absolute Gasteiger partial charge is 0.240 e. The molecule has 2 amide bonds. The Labute approximate surface area is 243 Å². The van der Waals surface area contributed by atoms with E-state index in [2.05, 4.69) is 18.3 Å². The summed E-state index contributed by atoms with van der Waals surface area (Å²) in [5.41, 5.74) is 6.57. The Balaban J connectivity index is 1.62. The minimum absolute atomic E-state index is 0.0922. The minimum Gasteiger partial charge on any atom is -0.454 e. The zero-order valence-electron chi connectivity index (χ0n) is 23.3. The van der Waals surface area contributed by atoms with Crippen LogP contribution in [0, 0.1) is 13.8 Å². The van der Waals surface area contributed by atoms with Crippen LogP contribution in [-0.4, -0.2) is 47.2 Å². The third-order valence-corrected chi connectivity index (χ3v) is 8.54. The highest BCUT2D eigenvalue weighted by atomic mass is 32.2. The number of ether oxygens (including phenoxy) is 2. The van der Waals surface area contributed by atoms with Crippen molar-refractivity contribution in [2.75, 3.05) is 30.5 Å². The molecule has 2 aliphatic rings. The summed E-state index contributed by atoms with van der Waals surface area (Å²) in [6.07, 6.45) is 0.811. The number of aryl methyl sites for hydroxylation is 2. The maximum absolute atomic E-state index is 13.9. The predicted molar refractivity (Wildman–Crippen MR) is 161 cm³/mol. The van der Waals surface area contributed by atoms with Crippen LogP contribution in [0.3, 0.4) is 0 Å². The largest absolute Gasteiger partial charge is 0.454 e. The van der Waals surface area contributed by atoms with Gasteiger partial charge >= 0.3 is 0 Å². The lowest BCUT2D eigenvalue weighted by Gasteiger charge is -2.24. The van der Waals surface area contributed by atoms with Crippen LogP contribution in [0.5, 0.6) is 11.5 Å². The third-order valence-electron chi connectivity index (χ3n) is 7.29. The SMILES string of the molecule is CCCNC(=O)CN1C(=O)CS[C@@H](c2ccc3c(c2)OCO3)c2c(-c3ccccc3)nn(-c3ccc(C)cc3C)c21. The molecule has 0 bridgehead atoms. The second-order valence-electron chi connectivity index (χ2n) is 10.3. The van der Waals surface area contributed by atoms with E-state index in [0.717, 1.165) is 45.6 Å². The van der Waals surface area contributed by atoms with Gasteiger partial charge in [-0.25, -0.2) is 4.68 Å². The average Bonchev–Trinajstić information content (AvgIpc) is 3.57. The van der Waals surface area contributed by atoms with Crippen LogP contribution in [0.15, 0.2) is 66.7 Å². The van der Waals surface area contributed by atoms with Crippen LogP contribution in [0.25, 0.3) is 16.9 Å². The Bertz CT molecular complexity index is 1620. The summed E-state index contributed by atoms with van der Waals surface area (Å²) < 4.78 is 13.1. The highest BCUT2D eigenvalue weighted by Crippen LogP contribution is 2.50. The maximum Gasteiger partial charge on any atom is 0.240 e. The molecule has 9 heteroatoms. The first kappa shape index (κ1) is 27.0. The molecule has 8 nitrogen and oxygen atoms in total. The Morgan fingerprint density at radius 2 is 1.85 bits per heavy atom. The Morgan fingerprint density at radius 3 is 2.63 bits per heavy atom. The molecule has 1 N–H and O–H groups in total. The number of hydrogen-bond acceptors (Lipinski definition) is 6. The van der Waals surface area contributed by atoms with E-state index >= 15 is 0 Å². The monoisotopic (exact) mass is 568 g/mol. The van der Waals surface area contributed by atoms with Gasteiger partial charge in [-0.2, -0.15) is 5.10 Å². The molecule has 0 fully saturated rings. The summed E-state index contributed by atoms with van der Waals surface area (Å²) in [7, 11) is 0. The van der Waals surface area contributed by atoms with Crippen molar-refractivity contribution >= 4 is 29.4 Å². The topological polar surface area (TPSA) is 85.7 Å². The maximum atomic E-state index is 13.9. The number of anilines is 1. The van der Waals surface area contributed by atoms with Gasteiger partial charge in [0.25, 0.3) is 0 Å². The van der Waals surface area contributed by atoms with Crippen LogP contribution in [-0.2, 0) is 9.59 Å². The lowest BCUT2D eigenvalue weighted by molar-refractivity contribution is -0.122. The quantitative estimate of drug-likeness (QED) is 0.313. The van der Waals surface area contributed by atoms with Crippen LogP contribution < -0.4 is 19.7 Å². The molecule has 2 aliphatic heterocycles. The molecule has 0 spiro atoms. The number of nitrogens with zero attached hydrogens (tertiary/aromatic N) is 3. The van der Waals surface area contributed by atoms with Gasteiger partial charge in [0, 0.05) is 17.7 Å². The second kappa shape index (κ2) is 11.3. The summed E-state index contributed by atoms with van der Waals surface area (Å²) in [6.45, 7) is 6.73. The van der Waals surface area contributed by atoms with Gasteiger partial charge in [-0.1, -0.05) is 61.0 Å². The number of fused-ring (bicyclic) bond motifs is 2. The first-order valence-corrected chi connectivity index (χ1v) is 14.8. The third kappa shape index (κ3) is 5.17. The fourth-order valence-corrected chi connectivity index (χ4v) is 6.53. The van der Waals surface area contributed by atoms with E-state index in [1.165, 1.54) is 11.8 Å². The van der Waals surface area contributed by atoms with E-state index in [0.29, 0.717) is 23.9 Å². The zero-order chi connectivity index (χ0) is 28.5. The van der Waals surface area contributed by atoms with E-state index in [1.54, 1.807) is 4.90 Å². The number of amides is 2. The number of carbonyl (C=O) groups is 2. The van der Waals surface area contributed by atoms with E-state index < -0.39 is 0 Å². The summed E-state index contributed by atoms with van der Waals surface area (Å²) >= 11 is 1.53. The van der Waals surface area contributed by atoms with Crippen molar-refractivity contribution in [3.63, 3.8) is 0 Å². The Morgan fingerprint density at radius 1 is 1.05 bits per heavy atom. The number of aromatic nitrogens is 2. The molecule has 0 radical (unpaired) electrons. The van der Waals surface area contributed by atoms with Gasteiger partial charge in [0.2, 0.25) is 18.6 Å². The van der Waals surface area contributed by atoms with E-state index in [1.807, 2.05) is 79.2 Å². The molecule has 0 aliphatic carbocycles. The lowest BCUT2D eigenvalue weighted by Crippen LogP contribution is -2.42. The first-order valence-electron chi connectivity index (χ1n) is 13.8. The van der Waals surface area contributed by atoms with Crippen molar-refractivity contribution in [2.45, 2.75) is 32.4 Å². The van der Waals surface area contributed by atoms with Crippen molar-refractivity contribution < 1.29 is 19.1 Å². The second-order valence-corrected chi connectivity index (χ2v) is 11.4. The highest BCUT2D eigenvalue weighted by Gasteiger charge is 2.38. The van der Waals surface area contributed by atoms with Gasteiger partial charge in [-0.15, -0.1) is 11.8 Å². The molecule has 0 saturated heterocycles. The van der Waals surface area contributed by atoms with E-state index in [9.17, 15) is 9.59 Å². The Kier molecular flexibility index (Phi) is 7.45. The summed E-state index contributed by atoms with van der Waals surface area (Å²) in [4.78, 5) is 28.5. The van der Waals surface area contributed by atoms with Gasteiger partial charge in [0.1, 0.15) is 12.4 Å². The van der Waals surface area contributed by atoms with E-state index in [-0.39, 0.29) is 36.2 Å². The standard InChI is InChI=1S/C32H32N4O4S/c1-4-14-33-27(37)17-35-28(38)18-41-31(23-11-13-25-26(16-23)40-19-39-25)29-30(22-8-6-5-7-9-22)34-36(32(29)35)24-12-10-20(2)15-21(24)3/h5-13,15-16,31H,4,14,17-19H2,1-3H3,(H,33,37)/t31-/m0/s1. The molecule has 4 aromatic rings. The van der Waals surface area contributed by atoms with Crippen molar-refractivity contribution in [3.05, 3.63) is 89.0 Å². The highest BCUT2D eigenvalue weighted by molar-refractivity contribution is 8.00. The summed E-state index contributed by atoms with van der Waals surface area (Å²) in [5, 5.41) is 7.88. The normalized spacial score (nSPS) is 15.9. The van der Waals surface area contributed by atoms with Gasteiger partial charge < -0.3 is 14.8 Å². The number of benzene rings is 3. The summed E-state index contributed by atoms with van der Waals surface area (Å²) in [5.74, 6) is 1.85. The predicted octanol–water partition coefficient (Wildman–Crippen LogP) is 5.58. The number of carbonyl (C=O) groups excluding carboxylic acids is 2. The molecule has 41 heavy (non-hydrogen) atoms. The molecule has 3 aromatic carbocycles. The van der Waals surface area contributed by atoms with Crippen molar-refractivity contribution in [2.24, 2.45) is 0 Å². The molecular weight excluding hydrogens is 536 g/mol. The Hall–Kier alpha value is -4.24. The van der Waals surface area contributed by atoms with Gasteiger partial charge in [-0.3, -0.25) is 14.5 Å². The number of nitrogens with one attached hydrogen (secondary N) is 1. The van der Waals surface area contributed by atoms with Crippen LogP contribution in [0.2, 0.25) is 0 Å². The van der Waals surface area contributed by atoms with Gasteiger partial charge in [-0.05, 0) is 49.6 Å². The van der Waals surface area contributed by atoms with Crippen molar-refractivity contribution in [1.29, 1.82) is 0 Å². The lowest BCUT2D eigenvalue weighted by atomic mass is 9.99. The minimum atomic E-state index is -0.248. The number of thioether (sulfide) groups is 1. The fraction of sp³-hybridized carbons (Fsp3) is 0.281. The molecule has 1 aromatic heterocycles. The first-order chi connectivity index (χ1) is 19.9. The molecule has 1 atom stereocenters.